The Kier molecular flexibility index (Phi) is 6.43. The van der Waals surface area contributed by atoms with Gasteiger partial charge >= 0.3 is 0 Å². The van der Waals surface area contributed by atoms with Crippen LogP contribution >= 0.6 is 0 Å². The molecule has 0 aromatic heterocycles. The standard InChI is InChI=1S/C14H19F2NO4S/c1-9(2)14(19)17-12(7-15)13(18)10-3-5-11(6-4-10)22(20,21)8-16/h3-6,9,12-13,18H,7-8H2,1-2H3,(H,17,19)/t12-,13-/m1/s1. The van der Waals surface area contributed by atoms with Crippen LogP contribution in [-0.4, -0.2) is 38.2 Å². The zero-order chi connectivity index (χ0) is 16.9. The third-order valence-electron chi connectivity index (χ3n) is 3.12. The molecule has 2 atom stereocenters. The maximum Gasteiger partial charge on any atom is 0.222 e. The van der Waals surface area contributed by atoms with Crippen molar-refractivity contribution in [3.63, 3.8) is 0 Å². The maximum atomic E-state index is 13.0. The lowest BCUT2D eigenvalue weighted by molar-refractivity contribution is -0.125. The summed E-state index contributed by atoms with van der Waals surface area (Å²) in [6, 6.07) is 2.12. The van der Waals surface area contributed by atoms with Gasteiger partial charge in [-0.15, -0.1) is 0 Å². The number of alkyl halides is 2. The van der Waals surface area contributed by atoms with Crippen LogP contribution in [0.5, 0.6) is 0 Å². The Balaban J connectivity index is 2.92. The average Bonchev–Trinajstić information content (AvgIpc) is 2.51. The lowest BCUT2D eigenvalue weighted by atomic mass is 10.0. The van der Waals surface area contributed by atoms with Crippen molar-refractivity contribution in [2.45, 2.75) is 30.9 Å². The SMILES string of the molecule is CC(C)C(=O)N[C@H](CF)[C@H](O)c1ccc(S(=O)(=O)CF)cc1. The van der Waals surface area contributed by atoms with E-state index in [9.17, 15) is 27.1 Å². The van der Waals surface area contributed by atoms with Gasteiger partial charge in [0.2, 0.25) is 15.7 Å². The molecule has 0 aliphatic carbocycles. The number of aliphatic hydroxyl groups excluding tert-OH is 1. The van der Waals surface area contributed by atoms with Gasteiger partial charge in [-0.1, -0.05) is 26.0 Å². The minimum absolute atomic E-state index is 0.226. The highest BCUT2D eigenvalue weighted by atomic mass is 32.2. The summed E-state index contributed by atoms with van der Waals surface area (Å²) in [5, 5.41) is 12.5. The summed E-state index contributed by atoms with van der Waals surface area (Å²) in [5.41, 5.74) is 0.226. The van der Waals surface area contributed by atoms with Crippen LogP contribution in [0.3, 0.4) is 0 Å². The fraction of sp³-hybridized carbons (Fsp3) is 0.500. The molecular weight excluding hydrogens is 316 g/mol. The molecule has 0 bridgehead atoms. The lowest BCUT2D eigenvalue weighted by Crippen LogP contribution is -2.42. The van der Waals surface area contributed by atoms with E-state index in [4.69, 9.17) is 0 Å². The van der Waals surface area contributed by atoms with Crippen LogP contribution in [0.4, 0.5) is 8.78 Å². The number of hydrogen-bond acceptors (Lipinski definition) is 4. The number of amides is 1. The molecule has 124 valence electrons. The highest BCUT2D eigenvalue weighted by Crippen LogP contribution is 2.21. The largest absolute Gasteiger partial charge is 0.386 e. The second kappa shape index (κ2) is 7.64. The third-order valence-corrected chi connectivity index (χ3v) is 4.40. The predicted molar refractivity (Wildman–Crippen MR) is 77.3 cm³/mol. The van der Waals surface area contributed by atoms with Crippen LogP contribution in [0.15, 0.2) is 29.2 Å². The smallest absolute Gasteiger partial charge is 0.222 e. The van der Waals surface area contributed by atoms with E-state index in [1.165, 1.54) is 12.1 Å². The molecule has 0 spiro atoms. The Morgan fingerprint density at radius 3 is 2.18 bits per heavy atom. The minimum Gasteiger partial charge on any atom is -0.386 e. The van der Waals surface area contributed by atoms with Crippen LogP contribution in [0.1, 0.15) is 25.5 Å². The van der Waals surface area contributed by atoms with Crippen molar-refractivity contribution < 1.29 is 27.1 Å². The lowest BCUT2D eigenvalue weighted by Gasteiger charge is -2.23. The first-order valence-corrected chi connectivity index (χ1v) is 8.31. The predicted octanol–water partition coefficient (Wildman–Crippen LogP) is 1.53. The van der Waals surface area contributed by atoms with E-state index in [-0.39, 0.29) is 16.4 Å². The van der Waals surface area contributed by atoms with Crippen molar-refractivity contribution in [3.05, 3.63) is 29.8 Å². The second-order valence-electron chi connectivity index (χ2n) is 5.16. The number of nitrogens with one attached hydrogen (secondary N) is 1. The molecule has 0 aliphatic heterocycles. The van der Waals surface area contributed by atoms with Crippen LogP contribution in [0.25, 0.3) is 0 Å². The van der Waals surface area contributed by atoms with E-state index in [1.54, 1.807) is 13.8 Å². The molecule has 2 N–H and O–H groups in total. The van der Waals surface area contributed by atoms with Crippen LogP contribution < -0.4 is 5.32 Å². The normalized spacial score (nSPS) is 14.6. The average molecular weight is 335 g/mol. The van der Waals surface area contributed by atoms with Gasteiger partial charge in [0, 0.05) is 5.92 Å². The number of hydrogen-bond donors (Lipinski definition) is 2. The van der Waals surface area contributed by atoms with E-state index in [0.717, 1.165) is 12.1 Å². The van der Waals surface area contributed by atoms with Gasteiger partial charge in [-0.25, -0.2) is 17.2 Å². The number of carbonyl (C=O) groups is 1. The minimum atomic E-state index is -3.99. The molecule has 0 unspecified atom stereocenters. The number of benzene rings is 1. The molecule has 1 aromatic rings. The Morgan fingerprint density at radius 2 is 1.77 bits per heavy atom. The Hall–Kier alpha value is -1.54. The summed E-state index contributed by atoms with van der Waals surface area (Å²) in [6.45, 7) is 2.28. The van der Waals surface area contributed by atoms with Crippen LogP contribution in [0.2, 0.25) is 0 Å². The first-order chi connectivity index (χ1) is 10.2. The van der Waals surface area contributed by atoms with Crippen molar-refractivity contribution in [2.75, 3.05) is 12.7 Å². The Morgan fingerprint density at radius 1 is 1.23 bits per heavy atom. The van der Waals surface area contributed by atoms with Crippen molar-refractivity contribution in [2.24, 2.45) is 5.92 Å². The van der Waals surface area contributed by atoms with E-state index >= 15 is 0 Å². The molecule has 0 saturated heterocycles. The molecule has 1 amide bonds. The molecule has 1 aromatic carbocycles. The first-order valence-electron chi connectivity index (χ1n) is 6.66. The van der Waals surface area contributed by atoms with Crippen molar-refractivity contribution in [3.8, 4) is 0 Å². The molecular formula is C14H19F2NO4S. The summed E-state index contributed by atoms with van der Waals surface area (Å²) < 4.78 is 48.1. The topological polar surface area (TPSA) is 83.5 Å². The Labute approximate surface area is 128 Å². The summed E-state index contributed by atoms with van der Waals surface area (Å²) >= 11 is 0. The number of aliphatic hydroxyl groups is 1. The molecule has 0 radical (unpaired) electrons. The van der Waals surface area contributed by atoms with E-state index in [1.807, 2.05) is 0 Å². The van der Waals surface area contributed by atoms with Gasteiger partial charge in [0.15, 0.2) is 6.01 Å². The first kappa shape index (κ1) is 18.5. The van der Waals surface area contributed by atoms with Crippen LogP contribution in [0, 0.1) is 5.92 Å². The summed E-state index contributed by atoms with van der Waals surface area (Å²) in [7, 11) is -3.99. The van der Waals surface area contributed by atoms with Gasteiger partial charge in [-0.2, -0.15) is 0 Å². The van der Waals surface area contributed by atoms with E-state index < -0.39 is 40.6 Å². The van der Waals surface area contributed by atoms with Crippen molar-refractivity contribution in [1.82, 2.24) is 5.32 Å². The zero-order valence-corrected chi connectivity index (χ0v) is 13.1. The molecule has 22 heavy (non-hydrogen) atoms. The molecule has 5 nitrogen and oxygen atoms in total. The second-order valence-corrected chi connectivity index (χ2v) is 7.08. The summed E-state index contributed by atoms with van der Waals surface area (Å²) in [6.07, 6.45) is -1.34. The Bertz CT molecular complexity index is 602. The molecule has 8 heteroatoms. The van der Waals surface area contributed by atoms with Gasteiger partial charge in [-0.05, 0) is 17.7 Å². The highest BCUT2D eigenvalue weighted by Gasteiger charge is 2.24. The van der Waals surface area contributed by atoms with E-state index in [0.29, 0.717) is 0 Å². The summed E-state index contributed by atoms with van der Waals surface area (Å²) in [4.78, 5) is 11.3. The van der Waals surface area contributed by atoms with Crippen LogP contribution in [-0.2, 0) is 14.6 Å². The van der Waals surface area contributed by atoms with Gasteiger partial charge < -0.3 is 10.4 Å². The highest BCUT2D eigenvalue weighted by molar-refractivity contribution is 7.91. The quantitative estimate of drug-likeness (QED) is 0.791. The molecule has 0 heterocycles. The summed E-state index contributed by atoms with van der Waals surface area (Å²) in [5.74, 6) is -0.767. The maximum absolute atomic E-state index is 13.0. The molecule has 1 rings (SSSR count). The van der Waals surface area contributed by atoms with Crippen molar-refractivity contribution >= 4 is 15.7 Å². The number of rotatable bonds is 7. The fourth-order valence-electron chi connectivity index (χ4n) is 1.72. The van der Waals surface area contributed by atoms with Gasteiger partial charge in [0.1, 0.15) is 12.8 Å². The number of sulfone groups is 1. The van der Waals surface area contributed by atoms with E-state index in [2.05, 4.69) is 5.32 Å². The number of carbonyl (C=O) groups excluding carboxylic acids is 1. The number of halogens is 2. The van der Waals surface area contributed by atoms with Gasteiger partial charge in [0.25, 0.3) is 0 Å². The fourth-order valence-corrected chi connectivity index (χ4v) is 2.40. The molecule has 0 saturated carbocycles. The van der Waals surface area contributed by atoms with Gasteiger partial charge in [0.05, 0.1) is 10.9 Å². The van der Waals surface area contributed by atoms with Gasteiger partial charge in [-0.3, -0.25) is 4.79 Å². The monoisotopic (exact) mass is 335 g/mol. The van der Waals surface area contributed by atoms with Crippen molar-refractivity contribution in [1.29, 1.82) is 0 Å². The molecule has 0 fully saturated rings. The zero-order valence-electron chi connectivity index (χ0n) is 12.3. The third kappa shape index (κ3) is 4.48. The molecule has 0 aliphatic rings.